The Balaban J connectivity index is 1.39. The average molecular weight is 325 g/mol. The predicted molar refractivity (Wildman–Crippen MR) is 86.5 cm³/mol. The molecule has 3 aromatic heterocycles. The normalized spacial score (nSPS) is 15.7. The Hall–Kier alpha value is -2.70. The van der Waals surface area contributed by atoms with Crippen molar-refractivity contribution in [2.45, 2.75) is 44.6 Å². The first-order valence-electron chi connectivity index (χ1n) is 8.33. The molecule has 0 saturated heterocycles. The van der Waals surface area contributed by atoms with Gasteiger partial charge >= 0.3 is 0 Å². The van der Waals surface area contributed by atoms with Crippen LogP contribution in [0, 0.1) is 0 Å². The minimum atomic E-state index is -0.178. The number of aromatic nitrogens is 4. The van der Waals surface area contributed by atoms with Gasteiger partial charge in [-0.15, -0.1) is 0 Å². The van der Waals surface area contributed by atoms with E-state index in [1.54, 1.807) is 24.7 Å². The molecule has 0 radical (unpaired) electrons. The summed E-state index contributed by atoms with van der Waals surface area (Å²) in [7, 11) is 0. The summed E-state index contributed by atoms with van der Waals surface area (Å²) in [5, 5.41) is 6.89. The van der Waals surface area contributed by atoms with Gasteiger partial charge in [-0.3, -0.25) is 4.79 Å². The number of hydrogen-bond acceptors (Lipinski definition) is 5. The van der Waals surface area contributed by atoms with E-state index < -0.39 is 0 Å². The van der Waals surface area contributed by atoms with E-state index in [9.17, 15) is 4.79 Å². The van der Waals surface area contributed by atoms with Crippen molar-refractivity contribution in [1.82, 2.24) is 24.8 Å². The van der Waals surface area contributed by atoms with Crippen LogP contribution in [0.4, 0.5) is 0 Å². The Morgan fingerprint density at radius 2 is 2.17 bits per heavy atom. The molecular weight excluding hydrogens is 306 g/mol. The summed E-state index contributed by atoms with van der Waals surface area (Å²) in [6.07, 6.45) is 11.2. The Bertz CT molecular complexity index is 847. The molecule has 7 nitrogen and oxygen atoms in total. The molecule has 0 bridgehead atoms. The van der Waals surface area contributed by atoms with Crippen LogP contribution in [-0.4, -0.2) is 25.4 Å². The minimum Gasteiger partial charge on any atom is -0.343 e. The fourth-order valence-electron chi connectivity index (χ4n) is 3.18. The monoisotopic (exact) mass is 325 g/mol. The van der Waals surface area contributed by atoms with Gasteiger partial charge < -0.3 is 14.2 Å². The third-order valence-electron chi connectivity index (χ3n) is 4.51. The summed E-state index contributed by atoms with van der Waals surface area (Å²) in [5.74, 6) is 1.45. The number of nitrogens with zero attached hydrogens (tertiary/aromatic N) is 4. The lowest BCUT2D eigenvalue weighted by Crippen LogP contribution is -2.23. The molecule has 1 N–H and O–H groups in total. The van der Waals surface area contributed by atoms with Gasteiger partial charge in [-0.25, -0.2) is 4.98 Å². The number of fused-ring (bicyclic) bond motifs is 1. The van der Waals surface area contributed by atoms with Crippen molar-refractivity contribution < 1.29 is 9.32 Å². The molecule has 0 spiro atoms. The third kappa shape index (κ3) is 3.02. The summed E-state index contributed by atoms with van der Waals surface area (Å²) in [6, 6.07) is 3.56. The van der Waals surface area contributed by atoms with Crippen LogP contribution in [0.5, 0.6) is 0 Å². The second-order valence-electron chi connectivity index (χ2n) is 6.17. The van der Waals surface area contributed by atoms with Crippen LogP contribution in [0.25, 0.3) is 5.65 Å². The maximum atomic E-state index is 12.3. The highest BCUT2D eigenvalue weighted by Crippen LogP contribution is 2.30. The largest absolute Gasteiger partial charge is 0.343 e. The van der Waals surface area contributed by atoms with Crippen LogP contribution in [0.15, 0.2) is 35.2 Å². The van der Waals surface area contributed by atoms with E-state index in [0.29, 0.717) is 17.4 Å². The summed E-state index contributed by atoms with van der Waals surface area (Å²) >= 11 is 0. The second-order valence-corrected chi connectivity index (χ2v) is 6.17. The lowest BCUT2D eigenvalue weighted by atomic mass is 9.89. The topological polar surface area (TPSA) is 85.3 Å². The zero-order valence-corrected chi connectivity index (χ0v) is 13.3. The van der Waals surface area contributed by atoms with Crippen molar-refractivity contribution >= 4 is 11.6 Å². The lowest BCUT2D eigenvalue weighted by molar-refractivity contribution is 0.0946. The summed E-state index contributed by atoms with van der Waals surface area (Å²) in [4.78, 5) is 20.8. The summed E-state index contributed by atoms with van der Waals surface area (Å²) in [5.41, 5.74) is 1.37. The third-order valence-corrected chi connectivity index (χ3v) is 4.51. The Kier molecular flexibility index (Phi) is 3.98. The quantitative estimate of drug-likeness (QED) is 0.797. The van der Waals surface area contributed by atoms with Crippen LogP contribution >= 0.6 is 0 Å². The zero-order chi connectivity index (χ0) is 16.4. The highest BCUT2D eigenvalue weighted by atomic mass is 16.5. The van der Waals surface area contributed by atoms with Crippen LogP contribution < -0.4 is 5.32 Å². The number of imidazole rings is 1. The number of amides is 1. The molecule has 0 aliphatic heterocycles. The van der Waals surface area contributed by atoms with Crippen molar-refractivity contribution in [2.24, 2.45) is 0 Å². The molecule has 1 aliphatic rings. The number of nitrogens with one attached hydrogen (secondary N) is 1. The molecule has 1 amide bonds. The first-order chi connectivity index (χ1) is 11.8. The molecule has 1 aliphatic carbocycles. The highest BCUT2D eigenvalue weighted by molar-refractivity contribution is 5.94. The molecule has 0 atom stereocenters. The van der Waals surface area contributed by atoms with Crippen molar-refractivity contribution in [1.29, 1.82) is 0 Å². The number of carbonyl (C=O) groups excluding carboxylic acids is 1. The van der Waals surface area contributed by atoms with E-state index in [0.717, 1.165) is 24.3 Å². The van der Waals surface area contributed by atoms with Gasteiger partial charge in [-0.1, -0.05) is 24.4 Å². The van der Waals surface area contributed by atoms with E-state index in [-0.39, 0.29) is 12.5 Å². The van der Waals surface area contributed by atoms with Gasteiger partial charge in [-0.05, 0) is 25.0 Å². The maximum Gasteiger partial charge on any atom is 0.253 e. The first-order valence-corrected chi connectivity index (χ1v) is 8.33. The molecule has 124 valence electrons. The molecule has 4 rings (SSSR count). The van der Waals surface area contributed by atoms with Crippen molar-refractivity contribution in [2.75, 3.05) is 0 Å². The van der Waals surface area contributed by atoms with Crippen LogP contribution in [-0.2, 0) is 6.54 Å². The molecule has 7 heteroatoms. The van der Waals surface area contributed by atoms with Gasteiger partial charge in [0, 0.05) is 24.5 Å². The van der Waals surface area contributed by atoms with Gasteiger partial charge in [0.25, 0.3) is 5.91 Å². The maximum absolute atomic E-state index is 12.3. The number of pyridine rings is 1. The van der Waals surface area contributed by atoms with E-state index >= 15 is 0 Å². The van der Waals surface area contributed by atoms with Crippen molar-refractivity contribution in [3.8, 4) is 0 Å². The molecule has 1 fully saturated rings. The van der Waals surface area contributed by atoms with Gasteiger partial charge in [0.15, 0.2) is 5.82 Å². The van der Waals surface area contributed by atoms with Gasteiger partial charge in [0.2, 0.25) is 5.89 Å². The van der Waals surface area contributed by atoms with Crippen LogP contribution in [0.3, 0.4) is 0 Å². The SMILES string of the molecule is O=C(NCc1nc(C2CCCCC2)no1)c1ccc2nccn2c1. The summed E-state index contributed by atoms with van der Waals surface area (Å²) in [6.45, 7) is 0.237. The smallest absolute Gasteiger partial charge is 0.253 e. The fraction of sp³-hybridized carbons (Fsp3) is 0.412. The molecule has 1 saturated carbocycles. The standard InChI is InChI=1S/C17H19N5O2/c23-17(13-6-7-14-18-8-9-22(14)11-13)19-10-15-20-16(21-24-15)12-4-2-1-3-5-12/h6-9,11-12H,1-5,10H2,(H,19,23). The highest BCUT2D eigenvalue weighted by Gasteiger charge is 2.21. The Morgan fingerprint density at radius 3 is 3.04 bits per heavy atom. The second kappa shape index (κ2) is 6.43. The van der Waals surface area contributed by atoms with Gasteiger partial charge in [0.05, 0.1) is 12.1 Å². The lowest BCUT2D eigenvalue weighted by Gasteiger charge is -2.17. The van der Waals surface area contributed by atoms with Crippen molar-refractivity contribution in [3.63, 3.8) is 0 Å². The van der Waals surface area contributed by atoms with Gasteiger partial charge in [-0.2, -0.15) is 4.98 Å². The van der Waals surface area contributed by atoms with E-state index in [1.807, 2.05) is 10.5 Å². The predicted octanol–water partition coefficient (Wildman–Crippen LogP) is 2.70. The van der Waals surface area contributed by atoms with Crippen molar-refractivity contribution in [3.05, 3.63) is 48.0 Å². The Labute approximate surface area is 139 Å². The Morgan fingerprint density at radius 1 is 1.29 bits per heavy atom. The molecule has 3 heterocycles. The summed E-state index contributed by atoms with van der Waals surface area (Å²) < 4.78 is 7.08. The number of carbonyl (C=O) groups is 1. The number of rotatable bonds is 4. The fourth-order valence-corrected chi connectivity index (χ4v) is 3.18. The first kappa shape index (κ1) is 14.9. The van der Waals surface area contributed by atoms with E-state index in [1.165, 1.54) is 19.3 Å². The molecule has 3 aromatic rings. The van der Waals surface area contributed by atoms with Crippen LogP contribution in [0.1, 0.15) is 60.1 Å². The molecule has 0 unspecified atom stereocenters. The minimum absolute atomic E-state index is 0.178. The van der Waals surface area contributed by atoms with E-state index in [4.69, 9.17) is 4.52 Å². The molecule has 0 aromatic carbocycles. The average Bonchev–Trinajstić information content (AvgIpc) is 3.29. The number of hydrogen-bond donors (Lipinski definition) is 1. The zero-order valence-electron chi connectivity index (χ0n) is 13.3. The van der Waals surface area contributed by atoms with E-state index in [2.05, 4.69) is 20.4 Å². The molecular formula is C17H19N5O2. The van der Waals surface area contributed by atoms with Gasteiger partial charge in [0.1, 0.15) is 5.65 Å². The van der Waals surface area contributed by atoms with Crippen LogP contribution in [0.2, 0.25) is 0 Å². The molecule has 24 heavy (non-hydrogen) atoms.